The molecule has 3 N–H and O–H groups in total. The van der Waals surface area contributed by atoms with Crippen LogP contribution in [0.4, 0.5) is 0 Å². The van der Waals surface area contributed by atoms with Gasteiger partial charge in [-0.3, -0.25) is 18.6 Å². The molecule has 0 aliphatic rings. The number of allylic oxidation sites excluding steroid dienone is 10. The summed E-state index contributed by atoms with van der Waals surface area (Å²) >= 11 is 0. The van der Waals surface area contributed by atoms with Crippen LogP contribution in [0.15, 0.2) is 60.8 Å². The summed E-state index contributed by atoms with van der Waals surface area (Å²) in [5, 5.41) is 12.7. The van der Waals surface area contributed by atoms with Crippen molar-refractivity contribution in [2.45, 2.75) is 193 Å². The molecule has 2 unspecified atom stereocenters. The van der Waals surface area contributed by atoms with Crippen LogP contribution in [0.2, 0.25) is 0 Å². The molecule has 0 aliphatic heterocycles. The molecule has 0 aromatic carbocycles. The molecule has 0 aromatic heterocycles. The van der Waals surface area contributed by atoms with Crippen LogP contribution in [-0.2, 0) is 27.9 Å². The monoisotopic (exact) mass is 808 g/mol. The first-order valence-electron chi connectivity index (χ1n) is 22.3. The SMILES string of the molecule is CCCCC/C=C\C/C=C\C/C=C\C/C=C\CCCCCCCC(=O)OCC(O)COP(=O)(O)OCCNC(=O)CCCCCCC/C=C\CCCCCCC. The third-order valence-corrected chi connectivity index (χ3v) is 10.2. The van der Waals surface area contributed by atoms with E-state index in [0.29, 0.717) is 12.8 Å². The average Bonchev–Trinajstić information content (AvgIpc) is 3.18. The Labute approximate surface area is 342 Å². The van der Waals surface area contributed by atoms with E-state index in [0.717, 1.165) is 83.5 Å². The number of hydrogen-bond donors (Lipinski definition) is 3. The molecule has 0 spiro atoms. The molecule has 0 bridgehead atoms. The van der Waals surface area contributed by atoms with Crippen LogP contribution in [-0.4, -0.2) is 54.3 Å². The predicted molar refractivity (Wildman–Crippen MR) is 233 cm³/mol. The fraction of sp³-hybridized carbons (Fsp3) is 0.739. The van der Waals surface area contributed by atoms with Crippen molar-refractivity contribution in [3.05, 3.63) is 60.8 Å². The van der Waals surface area contributed by atoms with Gasteiger partial charge in [0, 0.05) is 19.4 Å². The van der Waals surface area contributed by atoms with E-state index in [2.05, 4.69) is 79.9 Å². The van der Waals surface area contributed by atoms with Gasteiger partial charge in [-0.1, -0.05) is 152 Å². The number of phosphoric ester groups is 1. The lowest BCUT2D eigenvalue weighted by molar-refractivity contribution is -0.147. The summed E-state index contributed by atoms with van der Waals surface area (Å²) in [4.78, 5) is 33.9. The third-order valence-electron chi connectivity index (χ3n) is 9.17. The number of rotatable bonds is 41. The maximum absolute atomic E-state index is 12.1. The molecular formula is C46H82NO8P. The third kappa shape index (κ3) is 42.8. The van der Waals surface area contributed by atoms with Gasteiger partial charge < -0.3 is 20.1 Å². The van der Waals surface area contributed by atoms with Crippen LogP contribution in [0, 0.1) is 0 Å². The second-order valence-electron chi connectivity index (χ2n) is 14.7. The van der Waals surface area contributed by atoms with Crippen LogP contribution >= 0.6 is 7.82 Å². The van der Waals surface area contributed by atoms with E-state index < -0.39 is 26.5 Å². The Kier molecular flexibility index (Phi) is 40.6. The Morgan fingerprint density at radius 1 is 0.554 bits per heavy atom. The zero-order valence-corrected chi connectivity index (χ0v) is 36.5. The number of carbonyl (C=O) groups excluding carboxylic acids is 2. The zero-order valence-electron chi connectivity index (χ0n) is 35.6. The minimum Gasteiger partial charge on any atom is -0.463 e. The normalized spacial score (nSPS) is 13.9. The first kappa shape index (κ1) is 53.7. The fourth-order valence-corrected chi connectivity index (χ4v) is 6.53. The second kappa shape index (κ2) is 42.3. The molecule has 56 heavy (non-hydrogen) atoms. The van der Waals surface area contributed by atoms with Gasteiger partial charge in [-0.15, -0.1) is 0 Å². The van der Waals surface area contributed by atoms with Crippen LogP contribution < -0.4 is 5.32 Å². The highest BCUT2D eigenvalue weighted by molar-refractivity contribution is 7.47. The number of nitrogens with one attached hydrogen (secondary N) is 1. The van der Waals surface area contributed by atoms with E-state index in [1.165, 1.54) is 70.6 Å². The van der Waals surface area contributed by atoms with Crippen molar-refractivity contribution in [3.63, 3.8) is 0 Å². The quantitative estimate of drug-likeness (QED) is 0.0241. The lowest BCUT2D eigenvalue weighted by Crippen LogP contribution is -2.27. The number of carbonyl (C=O) groups is 2. The van der Waals surface area contributed by atoms with Crippen molar-refractivity contribution in [2.24, 2.45) is 0 Å². The van der Waals surface area contributed by atoms with Gasteiger partial charge in [-0.2, -0.15) is 0 Å². The minimum absolute atomic E-state index is 0.0727. The Hall–Kier alpha value is -2.29. The molecule has 0 radical (unpaired) electrons. The molecule has 0 saturated heterocycles. The molecule has 0 rings (SSSR count). The Bertz CT molecular complexity index is 1100. The number of amides is 1. The van der Waals surface area contributed by atoms with Gasteiger partial charge in [0.15, 0.2) is 0 Å². The number of unbranched alkanes of at least 4 members (excludes halogenated alkanes) is 18. The van der Waals surface area contributed by atoms with E-state index in [-0.39, 0.29) is 32.1 Å². The van der Waals surface area contributed by atoms with Crippen molar-refractivity contribution >= 4 is 19.7 Å². The molecule has 0 fully saturated rings. The number of phosphoric acid groups is 1. The number of ether oxygens (including phenoxy) is 1. The van der Waals surface area contributed by atoms with Gasteiger partial charge in [0.1, 0.15) is 12.7 Å². The largest absolute Gasteiger partial charge is 0.472 e. The number of hydrogen-bond acceptors (Lipinski definition) is 7. The maximum atomic E-state index is 12.1. The number of aliphatic hydroxyl groups excluding tert-OH is 1. The fourth-order valence-electron chi connectivity index (χ4n) is 5.77. The standard InChI is InChI=1S/C46H82NO8P/c1-3-5-7-9-11-13-15-17-19-20-21-22-23-24-25-27-29-31-33-35-37-39-46(50)53-42-44(48)43-55-56(51,52)54-41-40-47-45(49)38-36-34-32-30-28-26-18-16-14-12-10-8-6-4-2/h11,13,16-19,21-22,24-25,44,48H,3-10,12,14-15,20,23,26-43H2,1-2H3,(H,47,49)(H,51,52)/b13-11-,18-16-,19-17-,22-21-,25-24-. The van der Waals surface area contributed by atoms with Crippen LogP contribution in [0.1, 0.15) is 187 Å². The Morgan fingerprint density at radius 2 is 0.964 bits per heavy atom. The summed E-state index contributed by atoms with van der Waals surface area (Å²) in [7, 11) is -4.43. The van der Waals surface area contributed by atoms with Crippen molar-refractivity contribution in [1.29, 1.82) is 0 Å². The number of aliphatic hydroxyl groups is 1. The van der Waals surface area contributed by atoms with Crippen LogP contribution in [0.25, 0.3) is 0 Å². The van der Waals surface area contributed by atoms with Gasteiger partial charge in [0.2, 0.25) is 5.91 Å². The summed E-state index contributed by atoms with van der Waals surface area (Å²) in [6.45, 7) is 3.48. The van der Waals surface area contributed by atoms with Crippen molar-refractivity contribution in [3.8, 4) is 0 Å². The Morgan fingerprint density at radius 3 is 1.50 bits per heavy atom. The Balaban J connectivity index is 3.66. The van der Waals surface area contributed by atoms with Crippen molar-refractivity contribution in [1.82, 2.24) is 5.32 Å². The summed E-state index contributed by atoms with van der Waals surface area (Å²) in [6.07, 6.45) is 50.0. The molecule has 0 aromatic rings. The van der Waals surface area contributed by atoms with Crippen molar-refractivity contribution < 1.29 is 37.9 Å². The van der Waals surface area contributed by atoms with E-state index in [1.54, 1.807) is 0 Å². The molecular weight excluding hydrogens is 725 g/mol. The highest BCUT2D eigenvalue weighted by atomic mass is 31.2. The summed E-state index contributed by atoms with van der Waals surface area (Å²) in [5.74, 6) is -0.546. The minimum atomic E-state index is -4.43. The summed E-state index contributed by atoms with van der Waals surface area (Å²) in [5.41, 5.74) is 0. The van der Waals surface area contributed by atoms with E-state index in [4.69, 9.17) is 13.8 Å². The maximum Gasteiger partial charge on any atom is 0.472 e. The molecule has 10 heteroatoms. The van der Waals surface area contributed by atoms with Crippen molar-refractivity contribution in [2.75, 3.05) is 26.4 Å². The second-order valence-corrected chi connectivity index (χ2v) is 16.1. The lowest BCUT2D eigenvalue weighted by Gasteiger charge is -2.15. The van der Waals surface area contributed by atoms with Gasteiger partial charge >= 0.3 is 13.8 Å². The molecule has 0 aliphatic carbocycles. The average molecular weight is 808 g/mol. The predicted octanol–water partition coefficient (Wildman–Crippen LogP) is 12.5. The van der Waals surface area contributed by atoms with Crippen LogP contribution in [0.3, 0.4) is 0 Å². The van der Waals surface area contributed by atoms with Gasteiger partial charge in [0.05, 0.1) is 13.2 Å². The molecule has 0 heterocycles. The van der Waals surface area contributed by atoms with Gasteiger partial charge in [-0.25, -0.2) is 4.57 Å². The lowest BCUT2D eigenvalue weighted by atomic mass is 10.1. The molecule has 9 nitrogen and oxygen atoms in total. The topological polar surface area (TPSA) is 131 Å². The highest BCUT2D eigenvalue weighted by Gasteiger charge is 2.23. The number of esters is 1. The van der Waals surface area contributed by atoms with Gasteiger partial charge in [-0.05, 0) is 83.5 Å². The van der Waals surface area contributed by atoms with Gasteiger partial charge in [0.25, 0.3) is 0 Å². The summed E-state index contributed by atoms with van der Waals surface area (Å²) < 4.78 is 26.9. The smallest absolute Gasteiger partial charge is 0.463 e. The molecule has 2 atom stereocenters. The van der Waals surface area contributed by atoms with E-state index >= 15 is 0 Å². The molecule has 0 saturated carbocycles. The molecule has 324 valence electrons. The van der Waals surface area contributed by atoms with E-state index in [9.17, 15) is 24.2 Å². The summed E-state index contributed by atoms with van der Waals surface area (Å²) in [6, 6.07) is 0. The van der Waals surface area contributed by atoms with E-state index in [1.807, 2.05) is 0 Å². The molecule has 1 amide bonds. The van der Waals surface area contributed by atoms with Crippen LogP contribution in [0.5, 0.6) is 0 Å². The highest BCUT2D eigenvalue weighted by Crippen LogP contribution is 2.42. The zero-order chi connectivity index (χ0) is 41.1. The first-order valence-corrected chi connectivity index (χ1v) is 23.8. The first-order chi connectivity index (χ1) is 27.3.